The van der Waals surface area contributed by atoms with Gasteiger partial charge in [-0.1, -0.05) is 18.2 Å². The van der Waals surface area contributed by atoms with Crippen molar-refractivity contribution in [2.24, 2.45) is 14.1 Å². The van der Waals surface area contributed by atoms with Crippen molar-refractivity contribution in [1.82, 2.24) is 18.6 Å². The summed E-state index contributed by atoms with van der Waals surface area (Å²) in [7, 11) is 3.16. The van der Waals surface area contributed by atoms with Gasteiger partial charge in [-0.2, -0.15) is 0 Å². The number of rotatable bonds is 4. The number of amides is 1. The molecule has 33 heavy (non-hydrogen) atoms. The van der Waals surface area contributed by atoms with Crippen molar-refractivity contribution in [2.45, 2.75) is 38.6 Å². The van der Waals surface area contributed by atoms with Crippen LogP contribution in [0.5, 0.6) is 0 Å². The van der Waals surface area contributed by atoms with Crippen LogP contribution in [-0.2, 0) is 38.3 Å². The first-order valence-corrected chi connectivity index (χ1v) is 11.8. The normalized spacial score (nSPS) is 16.3. The molecule has 1 aliphatic heterocycles. The molecule has 1 saturated heterocycles. The fourth-order valence-corrected chi connectivity index (χ4v) is 5.42. The molecule has 0 unspecified atom stereocenters. The molecule has 0 spiro atoms. The van der Waals surface area contributed by atoms with Crippen LogP contribution in [0.15, 0.2) is 39.9 Å². The molecule has 2 aromatic heterocycles. The molecular formula is C25H31N5O3. The van der Waals surface area contributed by atoms with E-state index >= 15 is 0 Å². The summed E-state index contributed by atoms with van der Waals surface area (Å²) in [4.78, 5) is 41.3. The van der Waals surface area contributed by atoms with E-state index < -0.39 is 0 Å². The number of hydrogen-bond acceptors (Lipinski definition) is 4. The van der Waals surface area contributed by atoms with E-state index in [0.29, 0.717) is 45.0 Å². The Morgan fingerprint density at radius 1 is 0.939 bits per heavy atom. The number of carbonyl (C=O) groups is 1. The predicted octanol–water partition coefficient (Wildman–Crippen LogP) is 1.66. The summed E-state index contributed by atoms with van der Waals surface area (Å²) >= 11 is 0. The standard InChI is InChI=1S/C25H31N5O3/c1-26-22(17-24(32)27(2)25(26)33)28-13-15-29(16-14-28)23(31)11-12-30-20-9-5-3-7-18(20)19-8-4-6-10-21(19)30/h3,5,7,9,17H,4,6,8,10-16H2,1-2H3. The summed E-state index contributed by atoms with van der Waals surface area (Å²) in [6.07, 6.45) is 5.15. The van der Waals surface area contributed by atoms with Crippen LogP contribution < -0.4 is 16.1 Å². The number of para-hydroxylation sites is 1. The maximum Gasteiger partial charge on any atom is 0.332 e. The molecule has 0 saturated carbocycles. The topological polar surface area (TPSA) is 72.5 Å². The van der Waals surface area contributed by atoms with Gasteiger partial charge in [-0.05, 0) is 37.3 Å². The molecule has 1 fully saturated rings. The second kappa shape index (κ2) is 8.57. The maximum absolute atomic E-state index is 13.0. The number of hydrogen-bond donors (Lipinski definition) is 0. The van der Waals surface area contributed by atoms with Crippen LogP contribution in [0, 0.1) is 0 Å². The van der Waals surface area contributed by atoms with Crippen molar-refractivity contribution in [3.05, 3.63) is 62.4 Å². The van der Waals surface area contributed by atoms with Crippen LogP contribution in [0.3, 0.4) is 0 Å². The van der Waals surface area contributed by atoms with Crippen molar-refractivity contribution in [2.75, 3.05) is 31.1 Å². The summed E-state index contributed by atoms with van der Waals surface area (Å²) < 4.78 is 4.97. The zero-order valence-electron chi connectivity index (χ0n) is 19.4. The number of aryl methyl sites for hydroxylation is 2. The summed E-state index contributed by atoms with van der Waals surface area (Å²) in [5.41, 5.74) is 3.48. The van der Waals surface area contributed by atoms with Crippen molar-refractivity contribution >= 4 is 22.6 Å². The first-order valence-electron chi connectivity index (χ1n) is 11.8. The third-order valence-electron chi connectivity index (χ3n) is 7.29. The van der Waals surface area contributed by atoms with E-state index in [0.717, 1.165) is 17.4 Å². The van der Waals surface area contributed by atoms with Crippen molar-refractivity contribution in [3.8, 4) is 0 Å². The highest BCUT2D eigenvalue weighted by Crippen LogP contribution is 2.32. The quantitative estimate of drug-likeness (QED) is 0.607. The first-order chi connectivity index (χ1) is 16.0. The largest absolute Gasteiger partial charge is 0.354 e. The van der Waals surface area contributed by atoms with E-state index in [1.54, 1.807) is 7.05 Å². The molecule has 3 aromatic rings. The minimum atomic E-state index is -0.335. The van der Waals surface area contributed by atoms with Gasteiger partial charge in [-0.25, -0.2) is 4.79 Å². The number of anilines is 1. The summed E-state index contributed by atoms with van der Waals surface area (Å²) in [5, 5.41) is 1.34. The lowest BCUT2D eigenvalue weighted by atomic mass is 9.95. The lowest BCUT2D eigenvalue weighted by molar-refractivity contribution is -0.131. The molecular weight excluding hydrogens is 418 g/mol. The maximum atomic E-state index is 13.0. The number of fused-ring (bicyclic) bond motifs is 3. The van der Waals surface area contributed by atoms with E-state index in [9.17, 15) is 14.4 Å². The van der Waals surface area contributed by atoms with Gasteiger partial charge in [0.25, 0.3) is 5.56 Å². The number of piperazine rings is 1. The average Bonchev–Trinajstić information content (AvgIpc) is 3.17. The average molecular weight is 450 g/mol. The molecule has 174 valence electrons. The van der Waals surface area contributed by atoms with E-state index in [2.05, 4.69) is 28.8 Å². The van der Waals surface area contributed by atoms with E-state index in [-0.39, 0.29) is 17.2 Å². The number of carbonyl (C=O) groups excluding carboxylic acids is 1. The minimum Gasteiger partial charge on any atom is -0.354 e. The van der Waals surface area contributed by atoms with Crippen LogP contribution in [0.25, 0.3) is 10.9 Å². The third kappa shape index (κ3) is 3.77. The summed E-state index contributed by atoms with van der Waals surface area (Å²) in [5.74, 6) is 0.774. The zero-order chi connectivity index (χ0) is 23.1. The van der Waals surface area contributed by atoms with Crippen molar-refractivity contribution in [3.63, 3.8) is 0 Å². The molecule has 2 aliphatic rings. The van der Waals surface area contributed by atoms with Gasteiger partial charge >= 0.3 is 5.69 Å². The second-order valence-corrected chi connectivity index (χ2v) is 9.16. The predicted molar refractivity (Wildman–Crippen MR) is 129 cm³/mol. The lowest BCUT2D eigenvalue weighted by Gasteiger charge is -2.36. The smallest absolute Gasteiger partial charge is 0.332 e. The van der Waals surface area contributed by atoms with E-state index in [1.807, 2.05) is 9.80 Å². The SMILES string of the molecule is Cn1c(N2CCN(C(=O)CCn3c4c(c5ccccc53)CCCC4)CC2)cc(=O)n(C)c1=O. The molecule has 0 bridgehead atoms. The zero-order valence-corrected chi connectivity index (χ0v) is 19.4. The molecule has 1 amide bonds. The molecule has 0 radical (unpaired) electrons. The Bertz CT molecular complexity index is 1320. The van der Waals surface area contributed by atoms with Crippen LogP contribution in [0.1, 0.15) is 30.5 Å². The van der Waals surface area contributed by atoms with Crippen LogP contribution in [-0.4, -0.2) is 50.7 Å². The third-order valence-corrected chi connectivity index (χ3v) is 7.29. The minimum absolute atomic E-state index is 0.162. The fraction of sp³-hybridized carbons (Fsp3) is 0.480. The summed E-state index contributed by atoms with van der Waals surface area (Å²) in [6, 6.07) is 10.1. The Balaban J connectivity index is 1.26. The first kappa shape index (κ1) is 21.6. The lowest BCUT2D eigenvalue weighted by Crippen LogP contribution is -2.51. The Kier molecular flexibility index (Phi) is 5.60. The van der Waals surface area contributed by atoms with Crippen molar-refractivity contribution in [1.29, 1.82) is 0 Å². The van der Waals surface area contributed by atoms with Gasteiger partial charge in [0.05, 0.1) is 0 Å². The Labute approximate surface area is 192 Å². The number of benzene rings is 1. The molecule has 1 aromatic carbocycles. The van der Waals surface area contributed by atoms with E-state index in [4.69, 9.17) is 0 Å². The Morgan fingerprint density at radius 3 is 2.45 bits per heavy atom. The monoisotopic (exact) mass is 449 g/mol. The molecule has 8 heteroatoms. The fourth-order valence-electron chi connectivity index (χ4n) is 5.42. The highest BCUT2D eigenvalue weighted by atomic mass is 16.2. The van der Waals surface area contributed by atoms with Gasteiger partial charge < -0.3 is 14.4 Å². The summed E-state index contributed by atoms with van der Waals surface area (Å²) in [6.45, 7) is 3.10. The molecule has 3 heterocycles. The van der Waals surface area contributed by atoms with Crippen LogP contribution >= 0.6 is 0 Å². The van der Waals surface area contributed by atoms with Crippen molar-refractivity contribution < 1.29 is 4.79 Å². The van der Waals surface area contributed by atoms with Crippen LogP contribution in [0.4, 0.5) is 5.82 Å². The highest BCUT2D eigenvalue weighted by Gasteiger charge is 2.25. The van der Waals surface area contributed by atoms with Gasteiger partial charge in [0.2, 0.25) is 5.91 Å². The molecule has 1 aliphatic carbocycles. The Morgan fingerprint density at radius 2 is 1.67 bits per heavy atom. The van der Waals surface area contributed by atoms with Gasteiger partial charge in [0, 0.05) is 75.9 Å². The molecule has 8 nitrogen and oxygen atoms in total. The highest BCUT2D eigenvalue weighted by molar-refractivity contribution is 5.86. The van der Waals surface area contributed by atoms with Gasteiger partial charge in [-0.15, -0.1) is 0 Å². The number of aromatic nitrogens is 3. The van der Waals surface area contributed by atoms with Crippen LogP contribution in [0.2, 0.25) is 0 Å². The molecule has 0 N–H and O–H groups in total. The van der Waals surface area contributed by atoms with Gasteiger partial charge in [0.1, 0.15) is 5.82 Å². The Hall–Kier alpha value is -3.29. The molecule has 0 atom stereocenters. The van der Waals surface area contributed by atoms with Gasteiger partial charge in [0.15, 0.2) is 0 Å². The van der Waals surface area contributed by atoms with E-state index in [1.165, 1.54) is 52.7 Å². The molecule has 5 rings (SSSR count). The van der Waals surface area contributed by atoms with Gasteiger partial charge in [-0.3, -0.25) is 18.7 Å². The number of nitrogens with zero attached hydrogens (tertiary/aromatic N) is 5. The second-order valence-electron chi connectivity index (χ2n) is 9.16.